The van der Waals surface area contributed by atoms with Crippen molar-refractivity contribution in [1.29, 1.82) is 0 Å². The van der Waals surface area contributed by atoms with Crippen LogP contribution >= 0.6 is 0 Å². The highest BCUT2D eigenvalue weighted by Crippen LogP contribution is 2.25. The Bertz CT molecular complexity index is 410. The van der Waals surface area contributed by atoms with E-state index in [4.69, 9.17) is 4.74 Å². The van der Waals surface area contributed by atoms with E-state index in [0.29, 0.717) is 12.8 Å². The molecule has 0 fully saturated rings. The first-order valence-corrected chi connectivity index (χ1v) is 6.38. The van der Waals surface area contributed by atoms with Gasteiger partial charge in [-0.15, -0.1) is 0 Å². The zero-order valence-corrected chi connectivity index (χ0v) is 11.7. The van der Waals surface area contributed by atoms with E-state index in [9.17, 15) is 4.79 Å². The Morgan fingerprint density at radius 3 is 2.56 bits per heavy atom. The van der Waals surface area contributed by atoms with Crippen molar-refractivity contribution in [1.82, 2.24) is 0 Å². The van der Waals surface area contributed by atoms with E-state index >= 15 is 0 Å². The third-order valence-corrected chi connectivity index (χ3v) is 3.14. The van der Waals surface area contributed by atoms with Gasteiger partial charge in [0, 0.05) is 6.42 Å². The Morgan fingerprint density at radius 1 is 1.22 bits per heavy atom. The number of aryl methyl sites for hydroxylation is 1. The molecule has 3 nitrogen and oxygen atoms in total. The maximum Gasteiger partial charge on any atom is 0.305 e. The highest BCUT2D eigenvalue weighted by Gasteiger charge is 2.09. The van der Waals surface area contributed by atoms with Crippen LogP contribution in [-0.4, -0.2) is 19.7 Å². The van der Waals surface area contributed by atoms with E-state index in [1.807, 2.05) is 12.1 Å². The molecule has 0 aliphatic carbocycles. The highest BCUT2D eigenvalue weighted by molar-refractivity contribution is 5.69. The maximum absolute atomic E-state index is 11.1. The molecule has 0 aliphatic heterocycles. The number of hydrogen-bond donors (Lipinski definition) is 0. The summed E-state index contributed by atoms with van der Waals surface area (Å²) in [6.45, 7) is 6.96. The smallest absolute Gasteiger partial charge is 0.305 e. The predicted molar refractivity (Wildman–Crippen MR) is 72.0 cm³/mol. The zero-order valence-electron chi connectivity index (χ0n) is 11.7. The van der Waals surface area contributed by atoms with Crippen LogP contribution in [0.15, 0.2) is 12.1 Å². The second-order valence-corrected chi connectivity index (χ2v) is 4.40. The third kappa shape index (κ3) is 3.76. The molecule has 0 N–H and O–H groups in total. The van der Waals surface area contributed by atoms with Crippen molar-refractivity contribution in [2.75, 3.05) is 13.7 Å². The van der Waals surface area contributed by atoms with E-state index in [1.54, 1.807) is 0 Å². The highest BCUT2D eigenvalue weighted by atomic mass is 16.5. The lowest BCUT2D eigenvalue weighted by atomic mass is 9.99. The van der Waals surface area contributed by atoms with E-state index in [0.717, 1.165) is 24.3 Å². The molecule has 0 saturated carbocycles. The SMILES string of the molecule is CCCOc1ccc(CCC(=O)OC)c(C)c1C. The fourth-order valence-electron chi connectivity index (χ4n) is 1.83. The molecule has 0 aromatic heterocycles. The van der Waals surface area contributed by atoms with Crippen LogP contribution in [0.2, 0.25) is 0 Å². The molecular weight excluding hydrogens is 228 g/mol. The third-order valence-electron chi connectivity index (χ3n) is 3.14. The van der Waals surface area contributed by atoms with Crippen LogP contribution in [0.1, 0.15) is 36.5 Å². The predicted octanol–water partition coefficient (Wildman–Crippen LogP) is 3.20. The van der Waals surface area contributed by atoms with Crippen molar-refractivity contribution in [3.8, 4) is 5.75 Å². The molecule has 18 heavy (non-hydrogen) atoms. The average molecular weight is 250 g/mol. The summed E-state index contributed by atoms with van der Waals surface area (Å²) in [6.07, 6.45) is 2.14. The number of esters is 1. The standard InChI is InChI=1S/C15H22O3/c1-5-10-18-14-8-6-13(11(2)12(14)3)7-9-15(16)17-4/h6,8H,5,7,9-10H2,1-4H3. The lowest BCUT2D eigenvalue weighted by Gasteiger charge is -2.13. The topological polar surface area (TPSA) is 35.5 Å². The van der Waals surface area contributed by atoms with Crippen molar-refractivity contribution < 1.29 is 14.3 Å². The second-order valence-electron chi connectivity index (χ2n) is 4.40. The fraction of sp³-hybridized carbons (Fsp3) is 0.533. The van der Waals surface area contributed by atoms with Gasteiger partial charge in [0.25, 0.3) is 0 Å². The molecule has 0 radical (unpaired) electrons. The van der Waals surface area contributed by atoms with Crippen LogP contribution < -0.4 is 4.74 Å². The van der Waals surface area contributed by atoms with Gasteiger partial charge in [0.2, 0.25) is 0 Å². The van der Waals surface area contributed by atoms with Gasteiger partial charge in [-0.3, -0.25) is 4.79 Å². The van der Waals surface area contributed by atoms with Crippen LogP contribution in [0.25, 0.3) is 0 Å². The molecule has 0 amide bonds. The number of carbonyl (C=O) groups is 1. The average Bonchev–Trinajstić information content (AvgIpc) is 2.39. The van der Waals surface area contributed by atoms with Gasteiger partial charge in [0.05, 0.1) is 13.7 Å². The van der Waals surface area contributed by atoms with Gasteiger partial charge in [0.1, 0.15) is 5.75 Å². The van der Waals surface area contributed by atoms with Crippen LogP contribution in [0.4, 0.5) is 0 Å². The van der Waals surface area contributed by atoms with Crippen molar-refractivity contribution in [2.45, 2.75) is 40.0 Å². The number of rotatable bonds is 6. The van der Waals surface area contributed by atoms with Gasteiger partial charge in [-0.2, -0.15) is 0 Å². The lowest BCUT2D eigenvalue weighted by Crippen LogP contribution is -2.04. The molecule has 0 aliphatic rings. The number of benzene rings is 1. The number of hydrogen-bond acceptors (Lipinski definition) is 3. The molecule has 1 aromatic carbocycles. The van der Waals surface area contributed by atoms with Crippen LogP contribution in [-0.2, 0) is 16.0 Å². The zero-order chi connectivity index (χ0) is 13.5. The number of methoxy groups -OCH3 is 1. The van der Waals surface area contributed by atoms with Crippen molar-refractivity contribution in [3.63, 3.8) is 0 Å². The fourth-order valence-corrected chi connectivity index (χ4v) is 1.83. The van der Waals surface area contributed by atoms with Crippen molar-refractivity contribution in [2.24, 2.45) is 0 Å². The minimum absolute atomic E-state index is 0.168. The van der Waals surface area contributed by atoms with E-state index in [2.05, 4.69) is 25.5 Å². The first kappa shape index (κ1) is 14.6. The Hall–Kier alpha value is -1.51. The molecule has 0 saturated heterocycles. The van der Waals surface area contributed by atoms with E-state index in [-0.39, 0.29) is 5.97 Å². The van der Waals surface area contributed by atoms with Gasteiger partial charge >= 0.3 is 5.97 Å². The Balaban J connectivity index is 2.77. The van der Waals surface area contributed by atoms with E-state index < -0.39 is 0 Å². The normalized spacial score (nSPS) is 10.2. The summed E-state index contributed by atoms with van der Waals surface area (Å²) in [6, 6.07) is 4.03. The Kier molecular flexibility index (Phi) is 5.69. The molecule has 0 spiro atoms. The summed E-state index contributed by atoms with van der Waals surface area (Å²) < 4.78 is 10.3. The monoisotopic (exact) mass is 250 g/mol. The molecule has 3 heteroatoms. The van der Waals surface area contributed by atoms with Gasteiger partial charge in [0.15, 0.2) is 0 Å². The maximum atomic E-state index is 11.1. The largest absolute Gasteiger partial charge is 0.493 e. The van der Waals surface area contributed by atoms with Crippen LogP contribution in [0.3, 0.4) is 0 Å². The molecular formula is C15H22O3. The van der Waals surface area contributed by atoms with Gasteiger partial charge in [-0.25, -0.2) is 0 Å². The summed E-state index contributed by atoms with van der Waals surface area (Å²) in [4.78, 5) is 11.1. The Morgan fingerprint density at radius 2 is 1.94 bits per heavy atom. The van der Waals surface area contributed by atoms with Crippen molar-refractivity contribution >= 4 is 5.97 Å². The van der Waals surface area contributed by atoms with Crippen molar-refractivity contribution in [3.05, 3.63) is 28.8 Å². The molecule has 100 valence electrons. The molecule has 0 atom stereocenters. The summed E-state index contributed by atoms with van der Waals surface area (Å²) >= 11 is 0. The summed E-state index contributed by atoms with van der Waals surface area (Å²) in [5, 5.41) is 0. The molecule has 0 unspecified atom stereocenters. The number of carbonyl (C=O) groups excluding carboxylic acids is 1. The van der Waals surface area contributed by atoms with Crippen LogP contribution in [0.5, 0.6) is 5.75 Å². The molecule has 0 heterocycles. The quantitative estimate of drug-likeness (QED) is 0.727. The summed E-state index contributed by atoms with van der Waals surface area (Å²) in [7, 11) is 1.42. The number of ether oxygens (including phenoxy) is 2. The molecule has 1 rings (SSSR count). The van der Waals surface area contributed by atoms with Gasteiger partial charge in [-0.1, -0.05) is 13.0 Å². The lowest BCUT2D eigenvalue weighted by molar-refractivity contribution is -0.140. The second kappa shape index (κ2) is 7.04. The minimum atomic E-state index is -0.168. The van der Waals surface area contributed by atoms with Gasteiger partial charge in [-0.05, 0) is 49.4 Å². The minimum Gasteiger partial charge on any atom is -0.493 e. The first-order chi connectivity index (χ1) is 8.60. The summed E-state index contributed by atoms with van der Waals surface area (Å²) in [5.74, 6) is 0.773. The summed E-state index contributed by atoms with van der Waals surface area (Å²) in [5.41, 5.74) is 3.54. The van der Waals surface area contributed by atoms with E-state index in [1.165, 1.54) is 18.2 Å². The Labute approximate surface area is 109 Å². The molecule has 0 bridgehead atoms. The van der Waals surface area contributed by atoms with Crippen LogP contribution in [0, 0.1) is 13.8 Å². The molecule has 1 aromatic rings. The van der Waals surface area contributed by atoms with Gasteiger partial charge < -0.3 is 9.47 Å². The first-order valence-electron chi connectivity index (χ1n) is 6.38.